The van der Waals surface area contributed by atoms with Crippen LogP contribution in [-0.4, -0.2) is 17.9 Å². The number of hydrogen-bond acceptors (Lipinski definition) is 3. The summed E-state index contributed by atoms with van der Waals surface area (Å²) in [5.74, 6) is -0.201. The number of rotatable bonds is 5. The average molecular weight is 308 g/mol. The van der Waals surface area contributed by atoms with E-state index in [9.17, 15) is 14.0 Å². The van der Waals surface area contributed by atoms with Gasteiger partial charge >= 0.3 is 0 Å². The van der Waals surface area contributed by atoms with E-state index in [-0.39, 0.29) is 11.7 Å². The number of halogens is 1. The largest absolute Gasteiger partial charge is 0.481 e. The average Bonchev–Trinajstić information content (AvgIpc) is 3.00. The van der Waals surface area contributed by atoms with Crippen molar-refractivity contribution < 1.29 is 18.7 Å². The Hall–Kier alpha value is -2.11. The minimum Gasteiger partial charge on any atom is -0.481 e. The molecular formula is C16H21FN2O3. The number of benzene rings is 1. The number of hydrazine groups is 1. The topological polar surface area (TPSA) is 67.4 Å². The second kappa shape index (κ2) is 7.77. The van der Waals surface area contributed by atoms with E-state index >= 15 is 0 Å². The molecule has 2 amide bonds. The first-order valence-electron chi connectivity index (χ1n) is 7.55. The van der Waals surface area contributed by atoms with Crippen LogP contribution >= 0.6 is 0 Å². The van der Waals surface area contributed by atoms with E-state index in [2.05, 4.69) is 10.9 Å². The number of nitrogens with one attached hydrogen (secondary N) is 2. The molecule has 0 saturated heterocycles. The fraction of sp³-hybridized carbons (Fsp3) is 0.500. The lowest BCUT2D eigenvalue weighted by molar-refractivity contribution is -0.133. The minimum absolute atomic E-state index is 0.186. The first kappa shape index (κ1) is 16.3. The molecule has 0 aliphatic heterocycles. The van der Waals surface area contributed by atoms with E-state index in [0.717, 1.165) is 12.8 Å². The Morgan fingerprint density at radius 3 is 2.50 bits per heavy atom. The highest BCUT2D eigenvalue weighted by Gasteiger charge is 2.20. The standard InChI is InChI=1S/C16H21FN2O3/c1-11(22-14-8-6-13(17)7-9-14)16(21)19-18-15(20)10-12-4-2-3-5-12/h6-9,11-12H,2-5,10H2,1H3,(H,18,20)(H,19,21)/t11-/m0/s1. The van der Waals surface area contributed by atoms with Crippen molar-refractivity contribution in [1.82, 2.24) is 10.9 Å². The van der Waals surface area contributed by atoms with Gasteiger partial charge in [-0.3, -0.25) is 20.4 Å². The molecule has 1 atom stereocenters. The first-order chi connectivity index (χ1) is 10.5. The van der Waals surface area contributed by atoms with Gasteiger partial charge in [0.15, 0.2) is 6.10 Å². The summed E-state index contributed by atoms with van der Waals surface area (Å²) in [5.41, 5.74) is 4.76. The fourth-order valence-electron chi connectivity index (χ4n) is 2.53. The van der Waals surface area contributed by atoms with Crippen LogP contribution in [0.4, 0.5) is 4.39 Å². The molecule has 0 radical (unpaired) electrons. The smallest absolute Gasteiger partial charge is 0.279 e. The molecule has 6 heteroatoms. The third kappa shape index (κ3) is 5.02. The molecule has 0 unspecified atom stereocenters. The zero-order valence-electron chi connectivity index (χ0n) is 12.6. The Bertz CT molecular complexity index is 513. The summed E-state index contributed by atoms with van der Waals surface area (Å²) in [4.78, 5) is 23.5. The zero-order valence-corrected chi connectivity index (χ0v) is 12.6. The molecule has 22 heavy (non-hydrogen) atoms. The van der Waals surface area contributed by atoms with Gasteiger partial charge in [0.1, 0.15) is 11.6 Å². The lowest BCUT2D eigenvalue weighted by atomic mass is 10.0. The molecule has 1 saturated carbocycles. The second-order valence-electron chi connectivity index (χ2n) is 5.61. The summed E-state index contributed by atoms with van der Waals surface area (Å²) in [6, 6.07) is 5.39. The highest BCUT2D eigenvalue weighted by Crippen LogP contribution is 2.27. The Balaban J connectivity index is 1.71. The highest BCUT2D eigenvalue weighted by molar-refractivity contribution is 5.84. The van der Waals surface area contributed by atoms with Gasteiger partial charge in [-0.25, -0.2) is 4.39 Å². The van der Waals surface area contributed by atoms with Crippen LogP contribution in [0.25, 0.3) is 0 Å². The van der Waals surface area contributed by atoms with Crippen molar-refractivity contribution in [3.8, 4) is 5.75 Å². The maximum Gasteiger partial charge on any atom is 0.279 e. The zero-order chi connectivity index (χ0) is 15.9. The van der Waals surface area contributed by atoms with Crippen molar-refractivity contribution in [3.63, 3.8) is 0 Å². The van der Waals surface area contributed by atoms with Gasteiger partial charge in [-0.05, 0) is 49.9 Å². The summed E-state index contributed by atoms with van der Waals surface area (Å²) in [5, 5.41) is 0. The monoisotopic (exact) mass is 308 g/mol. The van der Waals surface area contributed by atoms with Gasteiger partial charge < -0.3 is 4.74 Å². The molecule has 2 N–H and O–H groups in total. The van der Waals surface area contributed by atoms with Crippen LogP contribution in [0, 0.1) is 11.7 Å². The molecule has 0 bridgehead atoms. The van der Waals surface area contributed by atoms with Gasteiger partial charge in [0, 0.05) is 6.42 Å². The van der Waals surface area contributed by atoms with Crippen LogP contribution in [0.15, 0.2) is 24.3 Å². The molecule has 120 valence electrons. The van der Waals surface area contributed by atoms with Gasteiger partial charge in [-0.1, -0.05) is 12.8 Å². The number of amides is 2. The maximum atomic E-state index is 12.8. The maximum absolute atomic E-state index is 12.8. The van der Waals surface area contributed by atoms with Crippen molar-refractivity contribution in [1.29, 1.82) is 0 Å². The summed E-state index contributed by atoms with van der Waals surface area (Å²) < 4.78 is 18.1. The van der Waals surface area contributed by atoms with E-state index in [1.54, 1.807) is 6.92 Å². The molecular weight excluding hydrogens is 287 g/mol. The molecule has 1 fully saturated rings. The van der Waals surface area contributed by atoms with Gasteiger partial charge in [0.2, 0.25) is 5.91 Å². The predicted octanol–water partition coefficient (Wildman–Crippen LogP) is 2.32. The summed E-state index contributed by atoms with van der Waals surface area (Å²) >= 11 is 0. The van der Waals surface area contributed by atoms with Crippen molar-refractivity contribution in [2.45, 2.75) is 45.1 Å². The molecule has 1 aromatic rings. The third-order valence-electron chi connectivity index (χ3n) is 3.77. The van der Waals surface area contributed by atoms with Crippen molar-refractivity contribution >= 4 is 11.8 Å². The third-order valence-corrected chi connectivity index (χ3v) is 3.77. The van der Waals surface area contributed by atoms with Crippen LogP contribution in [0.3, 0.4) is 0 Å². The molecule has 5 nitrogen and oxygen atoms in total. The van der Waals surface area contributed by atoms with Crippen molar-refractivity contribution in [2.75, 3.05) is 0 Å². The Morgan fingerprint density at radius 2 is 1.86 bits per heavy atom. The first-order valence-corrected chi connectivity index (χ1v) is 7.55. The molecule has 0 aromatic heterocycles. The minimum atomic E-state index is -0.794. The van der Waals surface area contributed by atoms with Crippen LogP contribution < -0.4 is 15.6 Å². The van der Waals surface area contributed by atoms with Gasteiger partial charge in [-0.15, -0.1) is 0 Å². The molecule has 2 rings (SSSR count). The van der Waals surface area contributed by atoms with Crippen LogP contribution in [0.2, 0.25) is 0 Å². The number of hydrogen-bond donors (Lipinski definition) is 2. The van der Waals surface area contributed by atoms with Crippen LogP contribution in [0.1, 0.15) is 39.0 Å². The highest BCUT2D eigenvalue weighted by atomic mass is 19.1. The second-order valence-corrected chi connectivity index (χ2v) is 5.61. The van der Waals surface area contributed by atoms with Gasteiger partial charge in [0.25, 0.3) is 5.91 Å². The SMILES string of the molecule is C[C@H](Oc1ccc(F)cc1)C(=O)NNC(=O)CC1CCCC1. The number of ether oxygens (including phenoxy) is 1. The van der Waals surface area contributed by atoms with E-state index < -0.39 is 12.0 Å². The predicted molar refractivity (Wildman–Crippen MR) is 79.4 cm³/mol. The molecule has 0 heterocycles. The Morgan fingerprint density at radius 1 is 1.23 bits per heavy atom. The van der Waals surface area contributed by atoms with Crippen LogP contribution in [-0.2, 0) is 9.59 Å². The fourth-order valence-corrected chi connectivity index (χ4v) is 2.53. The number of carbonyl (C=O) groups excluding carboxylic acids is 2. The summed E-state index contributed by atoms with van der Waals surface area (Å²) in [6.45, 7) is 1.56. The molecule has 1 aliphatic carbocycles. The summed E-state index contributed by atoms with van der Waals surface area (Å²) in [7, 11) is 0. The Kier molecular flexibility index (Phi) is 5.75. The lowest BCUT2D eigenvalue weighted by Crippen LogP contribution is -2.47. The van der Waals surface area contributed by atoms with Crippen molar-refractivity contribution in [2.24, 2.45) is 5.92 Å². The molecule has 1 aliphatic rings. The van der Waals surface area contributed by atoms with E-state index in [1.165, 1.54) is 37.1 Å². The number of carbonyl (C=O) groups is 2. The van der Waals surface area contributed by atoms with E-state index in [0.29, 0.717) is 18.1 Å². The van der Waals surface area contributed by atoms with Gasteiger partial charge in [-0.2, -0.15) is 0 Å². The molecule has 1 aromatic carbocycles. The van der Waals surface area contributed by atoms with Crippen molar-refractivity contribution in [3.05, 3.63) is 30.1 Å². The lowest BCUT2D eigenvalue weighted by Gasteiger charge is -2.16. The molecule has 0 spiro atoms. The Labute approximate surface area is 129 Å². The van der Waals surface area contributed by atoms with E-state index in [1.807, 2.05) is 0 Å². The quantitative estimate of drug-likeness (QED) is 0.820. The normalized spacial score (nSPS) is 16.1. The van der Waals surface area contributed by atoms with Gasteiger partial charge in [0.05, 0.1) is 0 Å². The van der Waals surface area contributed by atoms with Crippen LogP contribution in [0.5, 0.6) is 5.75 Å². The van der Waals surface area contributed by atoms with E-state index in [4.69, 9.17) is 4.74 Å². The summed E-state index contributed by atoms with van der Waals surface area (Å²) in [6.07, 6.45) is 4.14.